The molecule has 3 heterocycles. The molecule has 1 amide bonds. The summed E-state index contributed by atoms with van der Waals surface area (Å²) in [5.74, 6) is 2.09. The number of hydrogen-bond acceptors (Lipinski definition) is 4. The Labute approximate surface area is 112 Å². The second-order valence-electron chi connectivity index (χ2n) is 5.46. The summed E-state index contributed by atoms with van der Waals surface area (Å²) < 4.78 is 5.32. The van der Waals surface area contributed by atoms with Gasteiger partial charge >= 0.3 is 0 Å². The Morgan fingerprint density at radius 2 is 2.26 bits per heavy atom. The number of carbonyl (C=O) groups is 1. The zero-order chi connectivity index (χ0) is 13.1. The highest BCUT2D eigenvalue weighted by molar-refractivity contribution is 5.76. The summed E-state index contributed by atoms with van der Waals surface area (Å²) in [6.07, 6.45) is 5.17. The molecule has 6 nitrogen and oxygen atoms in total. The zero-order valence-corrected chi connectivity index (χ0v) is 11.0. The van der Waals surface area contributed by atoms with Crippen molar-refractivity contribution in [2.75, 3.05) is 26.3 Å². The van der Waals surface area contributed by atoms with Gasteiger partial charge in [0.2, 0.25) is 5.91 Å². The molecule has 0 spiro atoms. The number of piperidine rings is 1. The Bertz CT molecular complexity index is 406. The van der Waals surface area contributed by atoms with Crippen LogP contribution in [0.2, 0.25) is 0 Å². The Hall–Kier alpha value is -1.43. The van der Waals surface area contributed by atoms with Gasteiger partial charge in [-0.05, 0) is 25.2 Å². The minimum atomic E-state index is 0.284. The Kier molecular flexibility index (Phi) is 3.77. The molecule has 3 rings (SSSR count). The summed E-state index contributed by atoms with van der Waals surface area (Å²) >= 11 is 0. The summed E-state index contributed by atoms with van der Waals surface area (Å²) in [5.41, 5.74) is 0. The van der Waals surface area contributed by atoms with E-state index in [1.807, 2.05) is 4.90 Å². The van der Waals surface area contributed by atoms with Crippen LogP contribution in [0.1, 0.15) is 37.4 Å². The van der Waals surface area contributed by atoms with Gasteiger partial charge in [0.25, 0.3) is 0 Å². The summed E-state index contributed by atoms with van der Waals surface area (Å²) in [7, 11) is 0. The predicted molar refractivity (Wildman–Crippen MR) is 68.5 cm³/mol. The lowest BCUT2D eigenvalue weighted by atomic mass is 9.95. The molecule has 0 saturated carbocycles. The number of ether oxygens (including phenoxy) is 1. The smallest absolute Gasteiger partial charge is 0.222 e. The zero-order valence-electron chi connectivity index (χ0n) is 11.0. The van der Waals surface area contributed by atoms with Crippen LogP contribution < -0.4 is 0 Å². The highest BCUT2D eigenvalue weighted by Crippen LogP contribution is 2.26. The number of nitrogens with zero attached hydrogens (tertiary/aromatic N) is 3. The molecule has 6 heteroatoms. The lowest BCUT2D eigenvalue weighted by Gasteiger charge is -2.31. The molecule has 1 aromatic heterocycles. The predicted octanol–water partition coefficient (Wildman–Crippen LogP) is 0.937. The van der Waals surface area contributed by atoms with Gasteiger partial charge in [0.05, 0.1) is 0 Å². The van der Waals surface area contributed by atoms with Gasteiger partial charge in [0.15, 0.2) is 0 Å². The average molecular weight is 264 g/mol. The number of H-pyrrole nitrogens is 1. The summed E-state index contributed by atoms with van der Waals surface area (Å²) in [6.45, 7) is 3.22. The standard InChI is InChI=1S/C13H20N4O2/c18-12(7-10-3-6-19-8-10)17-4-1-11(2-5-17)13-14-9-15-16-13/h9-11H,1-8H2,(H,14,15,16). The van der Waals surface area contributed by atoms with Crippen molar-refractivity contribution in [1.82, 2.24) is 20.1 Å². The summed E-state index contributed by atoms with van der Waals surface area (Å²) in [4.78, 5) is 18.4. The van der Waals surface area contributed by atoms with Crippen LogP contribution in [0.15, 0.2) is 6.33 Å². The molecule has 1 unspecified atom stereocenters. The molecular weight excluding hydrogens is 244 g/mol. The van der Waals surface area contributed by atoms with E-state index < -0.39 is 0 Å². The average Bonchev–Trinajstić information content (AvgIpc) is 3.12. The fourth-order valence-electron chi connectivity index (χ4n) is 2.93. The largest absolute Gasteiger partial charge is 0.381 e. The van der Waals surface area contributed by atoms with Crippen LogP contribution in [0.3, 0.4) is 0 Å². The van der Waals surface area contributed by atoms with Crippen LogP contribution in [0.4, 0.5) is 0 Å². The van der Waals surface area contributed by atoms with E-state index in [0.29, 0.717) is 18.3 Å². The molecule has 0 radical (unpaired) electrons. The van der Waals surface area contributed by atoms with E-state index in [0.717, 1.165) is 51.4 Å². The van der Waals surface area contributed by atoms with Gasteiger partial charge in [-0.15, -0.1) is 0 Å². The maximum Gasteiger partial charge on any atom is 0.222 e. The molecule has 2 aliphatic heterocycles. The topological polar surface area (TPSA) is 71.1 Å². The van der Waals surface area contributed by atoms with Crippen molar-refractivity contribution >= 4 is 5.91 Å². The highest BCUT2D eigenvalue weighted by Gasteiger charge is 2.27. The molecule has 0 bridgehead atoms. The molecule has 2 saturated heterocycles. The van der Waals surface area contributed by atoms with Crippen molar-refractivity contribution in [3.63, 3.8) is 0 Å². The number of rotatable bonds is 3. The van der Waals surface area contributed by atoms with E-state index >= 15 is 0 Å². The fourth-order valence-corrected chi connectivity index (χ4v) is 2.93. The third-order valence-electron chi connectivity index (χ3n) is 4.16. The number of aromatic nitrogens is 3. The SMILES string of the molecule is O=C(CC1CCOC1)N1CCC(c2ncn[nH]2)CC1. The van der Waals surface area contributed by atoms with Crippen LogP contribution in [-0.4, -0.2) is 52.3 Å². The van der Waals surface area contributed by atoms with Crippen molar-refractivity contribution in [1.29, 1.82) is 0 Å². The van der Waals surface area contributed by atoms with Gasteiger partial charge < -0.3 is 9.64 Å². The highest BCUT2D eigenvalue weighted by atomic mass is 16.5. The van der Waals surface area contributed by atoms with Crippen LogP contribution in [-0.2, 0) is 9.53 Å². The first-order valence-electron chi connectivity index (χ1n) is 7.03. The maximum atomic E-state index is 12.2. The normalized spacial score (nSPS) is 24.8. The van der Waals surface area contributed by atoms with Crippen molar-refractivity contribution in [2.24, 2.45) is 5.92 Å². The lowest BCUT2D eigenvalue weighted by molar-refractivity contribution is -0.133. The lowest BCUT2D eigenvalue weighted by Crippen LogP contribution is -2.38. The van der Waals surface area contributed by atoms with Gasteiger partial charge in [-0.3, -0.25) is 9.89 Å². The minimum absolute atomic E-state index is 0.284. The van der Waals surface area contributed by atoms with E-state index in [4.69, 9.17) is 4.74 Å². The molecule has 1 atom stereocenters. The van der Waals surface area contributed by atoms with E-state index in [1.165, 1.54) is 0 Å². The van der Waals surface area contributed by atoms with Crippen LogP contribution >= 0.6 is 0 Å². The van der Waals surface area contributed by atoms with Gasteiger partial charge in [0, 0.05) is 38.6 Å². The van der Waals surface area contributed by atoms with E-state index in [9.17, 15) is 4.79 Å². The van der Waals surface area contributed by atoms with Gasteiger partial charge in [0.1, 0.15) is 12.2 Å². The molecular formula is C13H20N4O2. The molecule has 2 aliphatic rings. The third kappa shape index (κ3) is 2.94. The number of amides is 1. The third-order valence-corrected chi connectivity index (χ3v) is 4.16. The quantitative estimate of drug-likeness (QED) is 0.882. The van der Waals surface area contributed by atoms with Crippen molar-refractivity contribution < 1.29 is 9.53 Å². The summed E-state index contributed by atoms with van der Waals surface area (Å²) in [6, 6.07) is 0. The maximum absolute atomic E-state index is 12.2. The number of likely N-dealkylation sites (tertiary alicyclic amines) is 1. The second-order valence-corrected chi connectivity index (χ2v) is 5.46. The molecule has 104 valence electrons. The summed E-state index contributed by atoms with van der Waals surface area (Å²) in [5, 5.41) is 6.82. The van der Waals surface area contributed by atoms with Gasteiger partial charge in [-0.25, -0.2) is 4.98 Å². The van der Waals surface area contributed by atoms with Gasteiger partial charge in [-0.1, -0.05) is 0 Å². The van der Waals surface area contributed by atoms with Gasteiger partial charge in [-0.2, -0.15) is 5.10 Å². The van der Waals surface area contributed by atoms with Crippen molar-refractivity contribution in [2.45, 2.75) is 31.6 Å². The van der Waals surface area contributed by atoms with E-state index in [1.54, 1.807) is 6.33 Å². The van der Waals surface area contributed by atoms with Crippen molar-refractivity contribution in [3.05, 3.63) is 12.2 Å². The van der Waals surface area contributed by atoms with Crippen LogP contribution in [0.5, 0.6) is 0 Å². The first-order chi connectivity index (χ1) is 9.33. The Balaban J connectivity index is 1.48. The molecule has 2 fully saturated rings. The van der Waals surface area contributed by atoms with Crippen molar-refractivity contribution in [3.8, 4) is 0 Å². The first kappa shape index (κ1) is 12.6. The fraction of sp³-hybridized carbons (Fsp3) is 0.769. The Morgan fingerprint density at radius 3 is 2.89 bits per heavy atom. The molecule has 0 aromatic carbocycles. The molecule has 1 aromatic rings. The van der Waals surface area contributed by atoms with E-state index in [2.05, 4.69) is 15.2 Å². The van der Waals surface area contributed by atoms with Crippen LogP contribution in [0, 0.1) is 5.92 Å². The number of nitrogens with one attached hydrogen (secondary N) is 1. The monoisotopic (exact) mass is 264 g/mol. The molecule has 1 N–H and O–H groups in total. The molecule has 0 aliphatic carbocycles. The van der Waals surface area contributed by atoms with Crippen LogP contribution in [0.25, 0.3) is 0 Å². The number of carbonyl (C=O) groups excluding carboxylic acids is 1. The Morgan fingerprint density at radius 1 is 1.42 bits per heavy atom. The molecule has 19 heavy (non-hydrogen) atoms. The first-order valence-corrected chi connectivity index (χ1v) is 7.03. The number of hydrogen-bond donors (Lipinski definition) is 1. The second kappa shape index (κ2) is 5.69. The minimum Gasteiger partial charge on any atom is -0.381 e. The number of aromatic amines is 1. The van der Waals surface area contributed by atoms with E-state index in [-0.39, 0.29) is 5.91 Å².